The van der Waals surface area contributed by atoms with Gasteiger partial charge in [0, 0.05) is 29.0 Å². The number of hydrogen-bond donors (Lipinski definition) is 1. The Kier molecular flexibility index (Phi) is 4.03. The zero-order valence-electron chi connectivity index (χ0n) is 13.1. The van der Waals surface area contributed by atoms with Crippen LogP contribution in [0.2, 0.25) is 0 Å². The van der Waals surface area contributed by atoms with E-state index in [-0.39, 0.29) is 11.7 Å². The maximum Gasteiger partial charge on any atom is 0.274 e. The molecule has 4 aromatic rings. The van der Waals surface area contributed by atoms with Crippen molar-refractivity contribution in [2.45, 2.75) is 6.54 Å². The summed E-state index contributed by atoms with van der Waals surface area (Å²) in [7, 11) is 0. The molecule has 0 radical (unpaired) electrons. The molecule has 1 amide bonds. The van der Waals surface area contributed by atoms with Crippen LogP contribution >= 0.6 is 11.3 Å². The third-order valence-corrected chi connectivity index (χ3v) is 4.61. The molecule has 0 saturated carbocycles. The zero-order valence-corrected chi connectivity index (χ0v) is 14.0. The van der Waals surface area contributed by atoms with Crippen molar-refractivity contribution in [1.29, 1.82) is 0 Å². The van der Waals surface area contributed by atoms with Gasteiger partial charge in [0.25, 0.3) is 5.91 Å². The first-order chi connectivity index (χ1) is 12.2. The number of benzene rings is 2. The van der Waals surface area contributed by atoms with E-state index in [1.54, 1.807) is 17.6 Å². The van der Waals surface area contributed by atoms with Crippen LogP contribution in [0.1, 0.15) is 16.1 Å². The van der Waals surface area contributed by atoms with E-state index in [1.165, 1.54) is 23.5 Å². The average molecular weight is 351 g/mol. The molecule has 25 heavy (non-hydrogen) atoms. The highest BCUT2D eigenvalue weighted by Crippen LogP contribution is 2.23. The maximum absolute atomic E-state index is 13.5. The second-order valence-electron chi connectivity index (χ2n) is 5.60. The SMILES string of the molecule is O=C(Nc1nccs1)c1cc2ccccc2n1Cc1cccc(F)c1. The number of fused-ring (bicyclic) bond motifs is 1. The number of carbonyl (C=O) groups excluding carboxylic acids is 1. The fraction of sp³-hybridized carbons (Fsp3) is 0.0526. The Labute approximate surface area is 147 Å². The summed E-state index contributed by atoms with van der Waals surface area (Å²) in [6, 6.07) is 16.0. The van der Waals surface area contributed by atoms with Gasteiger partial charge in [0.1, 0.15) is 11.5 Å². The van der Waals surface area contributed by atoms with Gasteiger partial charge in [0.2, 0.25) is 0 Å². The van der Waals surface area contributed by atoms with Crippen molar-refractivity contribution in [2.24, 2.45) is 0 Å². The number of aromatic nitrogens is 2. The highest BCUT2D eigenvalue weighted by Gasteiger charge is 2.16. The molecule has 0 saturated heterocycles. The highest BCUT2D eigenvalue weighted by molar-refractivity contribution is 7.13. The van der Waals surface area contributed by atoms with Crippen LogP contribution in [0.25, 0.3) is 10.9 Å². The number of halogens is 1. The van der Waals surface area contributed by atoms with Gasteiger partial charge in [-0.05, 0) is 29.8 Å². The van der Waals surface area contributed by atoms with Crippen LogP contribution in [0.3, 0.4) is 0 Å². The van der Waals surface area contributed by atoms with Crippen molar-refractivity contribution < 1.29 is 9.18 Å². The Hall–Kier alpha value is -2.99. The molecule has 4 nitrogen and oxygen atoms in total. The maximum atomic E-state index is 13.5. The molecule has 0 atom stereocenters. The summed E-state index contributed by atoms with van der Waals surface area (Å²) in [5.41, 5.74) is 2.24. The van der Waals surface area contributed by atoms with Gasteiger partial charge in [-0.1, -0.05) is 30.3 Å². The number of rotatable bonds is 4. The van der Waals surface area contributed by atoms with Crippen LogP contribution in [0.15, 0.2) is 66.2 Å². The van der Waals surface area contributed by atoms with Crippen molar-refractivity contribution >= 4 is 33.3 Å². The molecule has 2 aromatic heterocycles. The Balaban J connectivity index is 1.76. The van der Waals surface area contributed by atoms with Gasteiger partial charge >= 0.3 is 0 Å². The van der Waals surface area contributed by atoms with Crippen molar-refractivity contribution in [3.05, 3.63) is 83.2 Å². The minimum Gasteiger partial charge on any atom is -0.332 e. The van der Waals surface area contributed by atoms with Gasteiger partial charge in [0.05, 0.1) is 0 Å². The molecular formula is C19H14FN3OS. The molecule has 124 valence electrons. The molecule has 0 unspecified atom stereocenters. The monoisotopic (exact) mass is 351 g/mol. The van der Waals surface area contributed by atoms with Gasteiger partial charge in [-0.3, -0.25) is 10.1 Å². The molecule has 0 aliphatic rings. The fourth-order valence-electron chi connectivity index (χ4n) is 2.83. The van der Waals surface area contributed by atoms with Crippen LogP contribution < -0.4 is 5.32 Å². The number of hydrogen-bond acceptors (Lipinski definition) is 3. The molecule has 0 bridgehead atoms. The largest absolute Gasteiger partial charge is 0.332 e. The first-order valence-corrected chi connectivity index (χ1v) is 8.62. The van der Waals surface area contributed by atoms with Crippen LogP contribution in [-0.2, 0) is 6.54 Å². The second kappa shape index (κ2) is 6.49. The third kappa shape index (κ3) is 3.16. The zero-order chi connectivity index (χ0) is 17.2. The minimum absolute atomic E-state index is 0.234. The summed E-state index contributed by atoms with van der Waals surface area (Å²) < 4.78 is 15.4. The Morgan fingerprint density at radius 2 is 2.04 bits per heavy atom. The first kappa shape index (κ1) is 15.5. The van der Waals surface area contributed by atoms with Crippen LogP contribution in [0.5, 0.6) is 0 Å². The smallest absolute Gasteiger partial charge is 0.274 e. The second-order valence-corrected chi connectivity index (χ2v) is 6.49. The van der Waals surface area contributed by atoms with Crippen LogP contribution in [0, 0.1) is 5.82 Å². The Morgan fingerprint density at radius 1 is 1.16 bits per heavy atom. The van der Waals surface area contributed by atoms with Crippen LogP contribution in [-0.4, -0.2) is 15.5 Å². The average Bonchev–Trinajstić information content (AvgIpc) is 3.23. The fourth-order valence-corrected chi connectivity index (χ4v) is 3.36. The van der Waals surface area contributed by atoms with Crippen LogP contribution in [0.4, 0.5) is 9.52 Å². The standard InChI is InChI=1S/C19H14FN3OS/c20-15-6-3-4-13(10-15)12-23-16-7-2-1-5-14(16)11-17(23)18(24)22-19-21-8-9-25-19/h1-11H,12H2,(H,21,22,24). The minimum atomic E-state index is -0.289. The quantitative estimate of drug-likeness (QED) is 0.587. The summed E-state index contributed by atoms with van der Waals surface area (Å²) in [6.07, 6.45) is 1.64. The van der Waals surface area contributed by atoms with E-state index in [0.717, 1.165) is 16.5 Å². The van der Waals surface area contributed by atoms with Gasteiger partial charge in [-0.2, -0.15) is 0 Å². The van der Waals surface area contributed by atoms with E-state index in [4.69, 9.17) is 0 Å². The number of carbonyl (C=O) groups is 1. The summed E-state index contributed by atoms with van der Waals surface area (Å²) in [6.45, 7) is 0.409. The van der Waals surface area contributed by atoms with Crippen molar-refractivity contribution in [3.63, 3.8) is 0 Å². The number of para-hydroxylation sites is 1. The molecule has 1 N–H and O–H groups in total. The van der Waals surface area contributed by atoms with E-state index in [2.05, 4.69) is 10.3 Å². The number of thiazole rings is 1. The number of anilines is 1. The summed E-state index contributed by atoms with van der Waals surface area (Å²) in [5.74, 6) is -0.523. The summed E-state index contributed by atoms with van der Waals surface area (Å²) in [5, 5.41) is 6.12. The number of nitrogens with one attached hydrogen (secondary N) is 1. The molecule has 0 aliphatic heterocycles. The topological polar surface area (TPSA) is 46.9 Å². The molecule has 0 aliphatic carbocycles. The lowest BCUT2D eigenvalue weighted by Crippen LogP contribution is -2.17. The Morgan fingerprint density at radius 3 is 2.84 bits per heavy atom. The van der Waals surface area contributed by atoms with E-state index >= 15 is 0 Å². The van der Waals surface area contributed by atoms with Crippen molar-refractivity contribution in [3.8, 4) is 0 Å². The van der Waals surface area contributed by atoms with Crippen molar-refractivity contribution in [2.75, 3.05) is 5.32 Å². The van der Waals surface area contributed by atoms with Gasteiger partial charge in [-0.15, -0.1) is 11.3 Å². The predicted molar refractivity (Wildman–Crippen MR) is 97.5 cm³/mol. The summed E-state index contributed by atoms with van der Waals surface area (Å²) >= 11 is 1.36. The number of nitrogens with zero attached hydrogens (tertiary/aromatic N) is 2. The number of amides is 1. The van der Waals surface area contributed by atoms with E-state index in [1.807, 2.05) is 41.0 Å². The molecular weight excluding hydrogens is 337 g/mol. The molecule has 0 spiro atoms. The normalized spacial score (nSPS) is 10.9. The lowest BCUT2D eigenvalue weighted by atomic mass is 10.2. The van der Waals surface area contributed by atoms with Gasteiger partial charge < -0.3 is 4.57 Å². The molecule has 2 aromatic carbocycles. The van der Waals surface area contributed by atoms with E-state index in [9.17, 15) is 9.18 Å². The predicted octanol–water partition coefficient (Wildman–Crippen LogP) is 4.54. The van der Waals surface area contributed by atoms with Gasteiger partial charge in [0.15, 0.2) is 5.13 Å². The molecule has 4 rings (SSSR count). The third-order valence-electron chi connectivity index (χ3n) is 3.93. The highest BCUT2D eigenvalue weighted by atomic mass is 32.1. The molecule has 6 heteroatoms. The Bertz CT molecular complexity index is 1040. The molecule has 0 fully saturated rings. The van der Waals surface area contributed by atoms with Gasteiger partial charge in [-0.25, -0.2) is 9.37 Å². The molecule has 2 heterocycles. The van der Waals surface area contributed by atoms with E-state index in [0.29, 0.717) is 17.4 Å². The van der Waals surface area contributed by atoms with Crippen molar-refractivity contribution in [1.82, 2.24) is 9.55 Å². The lowest BCUT2D eigenvalue weighted by Gasteiger charge is -2.11. The van der Waals surface area contributed by atoms with E-state index < -0.39 is 0 Å². The lowest BCUT2D eigenvalue weighted by molar-refractivity contribution is 0.101. The summed E-state index contributed by atoms with van der Waals surface area (Å²) in [4.78, 5) is 16.8. The first-order valence-electron chi connectivity index (χ1n) is 7.74.